The van der Waals surface area contributed by atoms with Crippen molar-refractivity contribution >= 4 is 27.5 Å². The van der Waals surface area contributed by atoms with Crippen molar-refractivity contribution in [2.45, 2.75) is 72.5 Å². The molecular weight excluding hydrogens is 462 g/mol. The van der Waals surface area contributed by atoms with Gasteiger partial charge in [0, 0.05) is 25.6 Å². The lowest BCUT2D eigenvalue weighted by Gasteiger charge is -2.32. The van der Waals surface area contributed by atoms with E-state index in [2.05, 4.69) is 5.32 Å². The van der Waals surface area contributed by atoms with Crippen LogP contribution in [-0.2, 0) is 26.2 Å². The zero-order valence-electron chi connectivity index (χ0n) is 21.7. The Morgan fingerprint density at radius 2 is 1.71 bits per heavy atom. The third-order valence-corrected chi connectivity index (χ3v) is 6.97. The van der Waals surface area contributed by atoms with Crippen molar-refractivity contribution in [1.29, 1.82) is 0 Å². The molecule has 0 saturated carbocycles. The minimum Gasteiger partial charge on any atom is -0.352 e. The number of benzene rings is 2. The number of hydrogen-bond acceptors (Lipinski definition) is 4. The molecule has 0 heterocycles. The van der Waals surface area contributed by atoms with E-state index >= 15 is 0 Å². The van der Waals surface area contributed by atoms with Crippen LogP contribution in [0.1, 0.15) is 56.7 Å². The molecule has 0 fully saturated rings. The first-order valence-corrected chi connectivity index (χ1v) is 14.0. The molecule has 0 aromatic heterocycles. The molecule has 2 amide bonds. The number of carbonyl (C=O) groups excluding carboxylic acids is 2. The van der Waals surface area contributed by atoms with Crippen LogP contribution < -0.4 is 9.62 Å². The number of anilines is 1. The summed E-state index contributed by atoms with van der Waals surface area (Å²) in [6, 6.07) is 14.5. The van der Waals surface area contributed by atoms with E-state index in [0.717, 1.165) is 16.7 Å². The smallest absolute Gasteiger partial charge is 0.243 e. The van der Waals surface area contributed by atoms with Crippen molar-refractivity contribution in [3.8, 4) is 0 Å². The van der Waals surface area contributed by atoms with Gasteiger partial charge in [0.05, 0.1) is 11.9 Å². The highest BCUT2D eigenvalue weighted by Crippen LogP contribution is 2.23. The highest BCUT2D eigenvalue weighted by Gasteiger charge is 2.29. The minimum absolute atomic E-state index is 0.0371. The molecule has 2 rings (SSSR count). The number of para-hydroxylation sites is 1. The van der Waals surface area contributed by atoms with Crippen LogP contribution in [-0.4, -0.2) is 50.0 Å². The van der Waals surface area contributed by atoms with Crippen LogP contribution in [0.15, 0.2) is 48.5 Å². The summed E-state index contributed by atoms with van der Waals surface area (Å²) in [5.41, 5.74) is 3.49. The molecule has 192 valence electrons. The molecule has 8 heteroatoms. The Labute approximate surface area is 210 Å². The molecule has 2 aromatic rings. The van der Waals surface area contributed by atoms with Crippen molar-refractivity contribution < 1.29 is 18.0 Å². The maximum Gasteiger partial charge on any atom is 0.243 e. The van der Waals surface area contributed by atoms with Crippen molar-refractivity contribution in [3.63, 3.8) is 0 Å². The van der Waals surface area contributed by atoms with Crippen molar-refractivity contribution in [1.82, 2.24) is 10.2 Å². The Bertz CT molecular complexity index is 1110. The molecule has 0 aliphatic heterocycles. The molecule has 7 nitrogen and oxygen atoms in total. The number of sulfonamides is 1. The second-order valence-corrected chi connectivity index (χ2v) is 11.2. The number of carbonyl (C=O) groups is 2. The van der Waals surface area contributed by atoms with Crippen molar-refractivity contribution in [2.75, 3.05) is 17.1 Å². The molecule has 0 radical (unpaired) electrons. The SMILES string of the molecule is CCC(C(=O)NC(C)C)N(Cc1cccc(C)c1)C(=O)CCCN(c1ccccc1C)S(C)(=O)=O. The van der Waals surface area contributed by atoms with Gasteiger partial charge in [-0.1, -0.05) is 55.0 Å². The largest absolute Gasteiger partial charge is 0.352 e. The quantitative estimate of drug-likeness (QED) is 0.473. The summed E-state index contributed by atoms with van der Waals surface area (Å²) >= 11 is 0. The summed E-state index contributed by atoms with van der Waals surface area (Å²) < 4.78 is 26.3. The number of hydrogen-bond donors (Lipinski definition) is 1. The lowest BCUT2D eigenvalue weighted by molar-refractivity contribution is -0.141. The lowest BCUT2D eigenvalue weighted by atomic mass is 10.1. The van der Waals surface area contributed by atoms with Gasteiger partial charge in [-0.05, 0) is 57.7 Å². The molecule has 0 aliphatic rings. The predicted octanol–water partition coefficient (Wildman–Crippen LogP) is 4.18. The first-order chi connectivity index (χ1) is 16.4. The monoisotopic (exact) mass is 501 g/mol. The van der Waals surface area contributed by atoms with E-state index in [-0.39, 0.29) is 30.8 Å². The fraction of sp³-hybridized carbons (Fsp3) is 0.481. The minimum atomic E-state index is -3.52. The van der Waals surface area contributed by atoms with E-state index in [1.807, 2.05) is 71.0 Å². The normalized spacial score (nSPS) is 12.3. The number of rotatable bonds is 12. The van der Waals surface area contributed by atoms with Gasteiger partial charge in [-0.2, -0.15) is 0 Å². The molecule has 0 aliphatic carbocycles. The maximum absolute atomic E-state index is 13.4. The fourth-order valence-corrected chi connectivity index (χ4v) is 5.16. The van der Waals surface area contributed by atoms with Gasteiger partial charge >= 0.3 is 0 Å². The van der Waals surface area contributed by atoms with Crippen LogP contribution in [0.2, 0.25) is 0 Å². The fourth-order valence-electron chi connectivity index (χ4n) is 4.13. The summed E-state index contributed by atoms with van der Waals surface area (Å²) in [5, 5.41) is 2.93. The number of aryl methyl sites for hydroxylation is 2. The summed E-state index contributed by atoms with van der Waals surface area (Å²) in [6.07, 6.45) is 2.13. The average Bonchev–Trinajstić information content (AvgIpc) is 2.76. The van der Waals surface area contributed by atoms with Crippen LogP contribution in [0.25, 0.3) is 0 Å². The second kappa shape index (κ2) is 12.7. The Kier molecular flexibility index (Phi) is 10.3. The molecule has 1 atom stereocenters. The van der Waals surface area contributed by atoms with Gasteiger partial charge in [0.2, 0.25) is 21.8 Å². The van der Waals surface area contributed by atoms with Crippen LogP contribution in [0.5, 0.6) is 0 Å². The van der Waals surface area contributed by atoms with Gasteiger partial charge < -0.3 is 10.2 Å². The van der Waals surface area contributed by atoms with Crippen LogP contribution in [0.4, 0.5) is 5.69 Å². The van der Waals surface area contributed by atoms with Crippen LogP contribution >= 0.6 is 0 Å². The maximum atomic E-state index is 13.4. The summed E-state index contributed by atoms with van der Waals surface area (Å²) in [4.78, 5) is 28.0. The Morgan fingerprint density at radius 3 is 2.29 bits per heavy atom. The predicted molar refractivity (Wildman–Crippen MR) is 142 cm³/mol. The van der Waals surface area contributed by atoms with Gasteiger partial charge in [-0.3, -0.25) is 13.9 Å². The van der Waals surface area contributed by atoms with Gasteiger partial charge in [0.15, 0.2) is 0 Å². The standard InChI is InChI=1S/C27H39N3O4S/c1-7-24(27(32)28-20(2)3)29(19-23-14-10-12-21(4)18-23)26(31)16-11-17-30(35(6,33)34)25-15-9-8-13-22(25)5/h8-10,12-15,18,20,24H,7,11,16-17,19H2,1-6H3,(H,28,32). The van der Waals surface area contributed by atoms with E-state index in [1.54, 1.807) is 17.0 Å². The first-order valence-electron chi connectivity index (χ1n) is 12.1. The van der Waals surface area contributed by atoms with Gasteiger partial charge in [0.1, 0.15) is 6.04 Å². The third kappa shape index (κ3) is 8.38. The molecule has 35 heavy (non-hydrogen) atoms. The second-order valence-electron chi connectivity index (χ2n) is 9.32. The zero-order valence-corrected chi connectivity index (χ0v) is 22.6. The van der Waals surface area contributed by atoms with Gasteiger partial charge in [-0.25, -0.2) is 8.42 Å². The Morgan fingerprint density at radius 1 is 1.03 bits per heavy atom. The Hall–Kier alpha value is -2.87. The molecular formula is C27H39N3O4S. The highest BCUT2D eigenvalue weighted by atomic mass is 32.2. The van der Waals surface area contributed by atoms with Crippen LogP contribution in [0, 0.1) is 13.8 Å². The summed E-state index contributed by atoms with van der Waals surface area (Å²) in [5.74, 6) is -0.350. The number of nitrogens with one attached hydrogen (secondary N) is 1. The molecule has 0 bridgehead atoms. The molecule has 0 saturated heterocycles. The molecule has 1 unspecified atom stereocenters. The lowest BCUT2D eigenvalue weighted by Crippen LogP contribution is -2.50. The van der Waals surface area contributed by atoms with E-state index in [9.17, 15) is 18.0 Å². The van der Waals surface area contributed by atoms with E-state index < -0.39 is 16.1 Å². The summed E-state index contributed by atoms with van der Waals surface area (Å²) in [7, 11) is -3.52. The van der Waals surface area contributed by atoms with E-state index in [1.165, 1.54) is 10.6 Å². The van der Waals surface area contributed by atoms with Crippen molar-refractivity contribution in [2.24, 2.45) is 0 Å². The first kappa shape index (κ1) is 28.4. The number of amides is 2. The summed E-state index contributed by atoms with van der Waals surface area (Å²) in [6.45, 7) is 10.0. The molecule has 0 spiro atoms. The third-order valence-electron chi connectivity index (χ3n) is 5.79. The van der Waals surface area contributed by atoms with Gasteiger partial charge in [-0.15, -0.1) is 0 Å². The highest BCUT2D eigenvalue weighted by molar-refractivity contribution is 7.92. The topological polar surface area (TPSA) is 86.8 Å². The van der Waals surface area contributed by atoms with E-state index in [0.29, 0.717) is 25.1 Å². The van der Waals surface area contributed by atoms with Crippen LogP contribution in [0.3, 0.4) is 0 Å². The van der Waals surface area contributed by atoms with Gasteiger partial charge in [0.25, 0.3) is 0 Å². The van der Waals surface area contributed by atoms with E-state index in [4.69, 9.17) is 0 Å². The zero-order chi connectivity index (χ0) is 26.2. The van der Waals surface area contributed by atoms with Crippen molar-refractivity contribution in [3.05, 3.63) is 65.2 Å². The Balaban J connectivity index is 2.23. The number of nitrogens with zero attached hydrogens (tertiary/aromatic N) is 2. The average molecular weight is 502 g/mol. The molecule has 1 N–H and O–H groups in total. The molecule has 2 aromatic carbocycles.